The van der Waals surface area contributed by atoms with Crippen molar-refractivity contribution in [2.24, 2.45) is 0 Å². The molecule has 0 fully saturated rings. The number of thiazole rings is 1. The smallest absolute Gasteiger partial charge is 0.248 e. The van der Waals surface area contributed by atoms with Crippen molar-refractivity contribution in [3.8, 4) is 11.3 Å². The van der Waals surface area contributed by atoms with Crippen molar-refractivity contribution >= 4 is 11.3 Å². The summed E-state index contributed by atoms with van der Waals surface area (Å²) in [6.07, 6.45) is 0. The molecule has 1 N–H and O–H groups in total. The molecule has 2 aromatic rings. The second kappa shape index (κ2) is 4.22. The van der Waals surface area contributed by atoms with E-state index < -0.39 is 0 Å². The van der Waals surface area contributed by atoms with Gasteiger partial charge in [0.05, 0.1) is 10.7 Å². The molecule has 0 saturated heterocycles. The van der Waals surface area contributed by atoms with E-state index in [2.05, 4.69) is 23.8 Å². The third kappa shape index (κ3) is 2.07. The molecule has 84 valence electrons. The van der Waals surface area contributed by atoms with Crippen LogP contribution >= 0.6 is 11.3 Å². The summed E-state index contributed by atoms with van der Waals surface area (Å²) >= 11 is 1.66. The quantitative estimate of drug-likeness (QED) is 0.868. The fourth-order valence-electron chi connectivity index (χ4n) is 1.53. The van der Waals surface area contributed by atoms with Crippen LogP contribution in [0.3, 0.4) is 0 Å². The van der Waals surface area contributed by atoms with E-state index >= 15 is 0 Å². The van der Waals surface area contributed by atoms with Crippen LogP contribution in [-0.4, -0.2) is 9.97 Å². The van der Waals surface area contributed by atoms with E-state index in [1.807, 2.05) is 18.4 Å². The van der Waals surface area contributed by atoms with Gasteiger partial charge in [-0.25, -0.2) is 4.98 Å². The molecule has 0 bridgehead atoms. The highest BCUT2D eigenvalue weighted by atomic mass is 32.1. The number of nitrogens with one attached hydrogen (secondary N) is 1. The molecule has 3 nitrogen and oxygen atoms in total. The first-order valence-corrected chi connectivity index (χ1v) is 6.11. The molecular weight excluding hydrogens is 220 g/mol. The highest BCUT2D eigenvalue weighted by Crippen LogP contribution is 2.26. The summed E-state index contributed by atoms with van der Waals surface area (Å²) in [6, 6.07) is 3.37. The minimum Gasteiger partial charge on any atom is -0.326 e. The Morgan fingerprint density at radius 2 is 2.12 bits per heavy atom. The summed E-state index contributed by atoms with van der Waals surface area (Å²) in [6.45, 7) is 6.15. The Labute approximate surface area is 98.2 Å². The first-order valence-electron chi connectivity index (χ1n) is 5.23. The van der Waals surface area contributed by atoms with Crippen LogP contribution in [0.4, 0.5) is 0 Å². The van der Waals surface area contributed by atoms with E-state index in [9.17, 15) is 4.79 Å². The highest BCUT2D eigenvalue weighted by molar-refractivity contribution is 7.10. The molecule has 16 heavy (non-hydrogen) atoms. The van der Waals surface area contributed by atoms with Crippen LogP contribution in [0, 0.1) is 6.92 Å². The van der Waals surface area contributed by atoms with Gasteiger partial charge in [-0.05, 0) is 13.0 Å². The molecule has 2 aromatic heterocycles. The maximum atomic E-state index is 11.1. The van der Waals surface area contributed by atoms with Gasteiger partial charge in [-0.3, -0.25) is 4.79 Å². The number of aromatic amines is 1. The summed E-state index contributed by atoms with van der Waals surface area (Å²) < 4.78 is 0. The summed E-state index contributed by atoms with van der Waals surface area (Å²) in [4.78, 5) is 18.5. The van der Waals surface area contributed by atoms with Gasteiger partial charge in [-0.1, -0.05) is 13.8 Å². The second-order valence-electron chi connectivity index (χ2n) is 4.09. The average molecular weight is 234 g/mol. The summed E-state index contributed by atoms with van der Waals surface area (Å²) in [5, 5.41) is 3.16. The molecule has 0 aliphatic rings. The Kier molecular flexibility index (Phi) is 2.92. The Hall–Kier alpha value is -1.42. The lowest BCUT2D eigenvalue weighted by Crippen LogP contribution is -2.05. The number of nitrogens with zero attached hydrogens (tertiary/aromatic N) is 1. The third-order valence-corrected chi connectivity index (χ3v) is 3.55. The van der Waals surface area contributed by atoms with Gasteiger partial charge in [0.1, 0.15) is 0 Å². The second-order valence-corrected chi connectivity index (χ2v) is 4.98. The Morgan fingerprint density at radius 3 is 2.69 bits per heavy atom. The zero-order chi connectivity index (χ0) is 11.7. The highest BCUT2D eigenvalue weighted by Gasteiger charge is 2.09. The monoisotopic (exact) mass is 234 g/mol. The van der Waals surface area contributed by atoms with Gasteiger partial charge < -0.3 is 4.98 Å². The van der Waals surface area contributed by atoms with E-state index in [4.69, 9.17) is 0 Å². The van der Waals surface area contributed by atoms with Crippen molar-refractivity contribution in [2.75, 3.05) is 0 Å². The van der Waals surface area contributed by atoms with Crippen molar-refractivity contribution in [3.63, 3.8) is 0 Å². The van der Waals surface area contributed by atoms with Gasteiger partial charge in [0.15, 0.2) is 0 Å². The first kappa shape index (κ1) is 11.1. The number of H-pyrrole nitrogens is 1. The zero-order valence-corrected chi connectivity index (χ0v) is 10.4. The fourth-order valence-corrected chi connectivity index (χ4v) is 2.37. The topological polar surface area (TPSA) is 45.8 Å². The number of aromatic nitrogens is 2. The van der Waals surface area contributed by atoms with Crippen LogP contribution in [0.5, 0.6) is 0 Å². The van der Waals surface area contributed by atoms with E-state index in [-0.39, 0.29) is 5.56 Å². The summed E-state index contributed by atoms with van der Waals surface area (Å²) in [5.41, 5.74) is 2.75. The van der Waals surface area contributed by atoms with Crippen LogP contribution in [0.25, 0.3) is 11.3 Å². The van der Waals surface area contributed by atoms with Gasteiger partial charge >= 0.3 is 0 Å². The molecule has 2 rings (SSSR count). The predicted molar refractivity (Wildman–Crippen MR) is 67.0 cm³/mol. The van der Waals surface area contributed by atoms with Crippen molar-refractivity contribution in [2.45, 2.75) is 26.7 Å². The van der Waals surface area contributed by atoms with E-state index in [0.717, 1.165) is 22.0 Å². The summed E-state index contributed by atoms with van der Waals surface area (Å²) in [7, 11) is 0. The molecule has 2 heterocycles. The Balaban J connectivity index is 2.46. The van der Waals surface area contributed by atoms with Crippen LogP contribution in [-0.2, 0) is 0 Å². The third-order valence-electron chi connectivity index (χ3n) is 2.41. The van der Waals surface area contributed by atoms with Crippen molar-refractivity contribution in [1.29, 1.82) is 0 Å². The lowest BCUT2D eigenvalue weighted by Gasteiger charge is -2.01. The molecule has 4 heteroatoms. The van der Waals surface area contributed by atoms with Crippen LogP contribution in [0.2, 0.25) is 0 Å². The van der Waals surface area contributed by atoms with Gasteiger partial charge in [0.2, 0.25) is 5.56 Å². The minimum absolute atomic E-state index is 0.0689. The van der Waals surface area contributed by atoms with Gasteiger partial charge in [-0.2, -0.15) is 0 Å². The number of rotatable bonds is 2. The molecule has 0 aromatic carbocycles. The molecule has 0 spiro atoms. The van der Waals surface area contributed by atoms with Crippen LogP contribution < -0.4 is 5.56 Å². The first-order chi connectivity index (χ1) is 7.58. The molecule has 0 radical (unpaired) electrons. The Morgan fingerprint density at radius 1 is 1.38 bits per heavy atom. The standard InChI is InChI=1S/C12H14N2OS/c1-7(2)12-14-10(6-16-12)9-4-5-11(15)13-8(9)3/h4-7H,1-3H3,(H,13,15). The summed E-state index contributed by atoms with van der Waals surface area (Å²) in [5.74, 6) is 0.446. The number of pyridine rings is 1. The molecule has 0 aliphatic heterocycles. The molecule has 0 atom stereocenters. The van der Waals surface area contributed by atoms with Crippen LogP contribution in [0.15, 0.2) is 22.3 Å². The van der Waals surface area contributed by atoms with Crippen molar-refractivity contribution < 1.29 is 0 Å². The number of hydrogen-bond acceptors (Lipinski definition) is 3. The zero-order valence-electron chi connectivity index (χ0n) is 9.57. The molecule has 0 unspecified atom stereocenters. The van der Waals surface area contributed by atoms with Crippen molar-refractivity contribution in [3.05, 3.63) is 38.6 Å². The lowest BCUT2D eigenvalue weighted by molar-refractivity contribution is 0.853. The van der Waals surface area contributed by atoms with Gasteiger partial charge in [0, 0.05) is 28.6 Å². The maximum absolute atomic E-state index is 11.1. The predicted octanol–water partition coefficient (Wildman–Crippen LogP) is 2.93. The minimum atomic E-state index is -0.0689. The maximum Gasteiger partial charge on any atom is 0.248 e. The molecular formula is C12H14N2OS. The van der Waals surface area contributed by atoms with Crippen molar-refractivity contribution in [1.82, 2.24) is 9.97 Å². The van der Waals surface area contributed by atoms with E-state index in [1.54, 1.807) is 11.3 Å². The molecule has 0 amide bonds. The Bertz CT molecular complexity index is 554. The fraction of sp³-hybridized carbons (Fsp3) is 0.333. The van der Waals surface area contributed by atoms with Gasteiger partial charge in [-0.15, -0.1) is 11.3 Å². The molecule has 0 aliphatic carbocycles. The van der Waals surface area contributed by atoms with Gasteiger partial charge in [0.25, 0.3) is 0 Å². The van der Waals surface area contributed by atoms with E-state index in [0.29, 0.717) is 5.92 Å². The lowest BCUT2D eigenvalue weighted by atomic mass is 10.1. The number of hydrogen-bond donors (Lipinski definition) is 1. The largest absolute Gasteiger partial charge is 0.326 e. The van der Waals surface area contributed by atoms with Crippen LogP contribution in [0.1, 0.15) is 30.5 Å². The number of aryl methyl sites for hydroxylation is 1. The normalized spacial score (nSPS) is 11.0. The average Bonchev–Trinajstić information content (AvgIpc) is 2.66. The SMILES string of the molecule is Cc1[nH]c(=O)ccc1-c1csc(C(C)C)n1. The van der Waals surface area contributed by atoms with E-state index in [1.165, 1.54) is 6.07 Å². The molecule has 0 saturated carbocycles.